The van der Waals surface area contributed by atoms with Crippen molar-refractivity contribution < 1.29 is 13.6 Å². The van der Waals surface area contributed by atoms with Crippen molar-refractivity contribution in [2.75, 3.05) is 13.1 Å². The lowest BCUT2D eigenvalue weighted by molar-refractivity contribution is -0.122. The molecule has 2 rings (SSSR count). The average molecular weight is 290 g/mol. The van der Waals surface area contributed by atoms with Crippen LogP contribution in [0.15, 0.2) is 47.1 Å². The standard InChI is InChI=1S/C16H19FN2O2/c1-2-19(11-13-5-3-6-14(17)9-13)12-16(20)18-10-15-7-4-8-21-15/h3-9H,2,10-12H2,1H3,(H,18,20). The molecule has 0 atom stereocenters. The molecule has 0 radical (unpaired) electrons. The van der Waals surface area contributed by atoms with Crippen molar-refractivity contribution in [3.8, 4) is 0 Å². The first-order valence-corrected chi connectivity index (χ1v) is 6.93. The van der Waals surface area contributed by atoms with E-state index in [0.29, 0.717) is 19.6 Å². The number of hydrogen-bond acceptors (Lipinski definition) is 3. The Balaban J connectivity index is 1.82. The van der Waals surface area contributed by atoms with Crippen LogP contribution < -0.4 is 5.32 Å². The van der Waals surface area contributed by atoms with Crippen LogP contribution in [0.2, 0.25) is 0 Å². The van der Waals surface area contributed by atoms with E-state index < -0.39 is 0 Å². The summed E-state index contributed by atoms with van der Waals surface area (Å²) in [6.07, 6.45) is 1.57. The molecule has 0 saturated heterocycles. The molecule has 1 heterocycles. The smallest absolute Gasteiger partial charge is 0.234 e. The van der Waals surface area contributed by atoms with Crippen LogP contribution in [0.5, 0.6) is 0 Å². The number of furan rings is 1. The van der Waals surface area contributed by atoms with Crippen molar-refractivity contribution in [1.82, 2.24) is 10.2 Å². The first kappa shape index (κ1) is 15.3. The Morgan fingerprint density at radius 1 is 1.33 bits per heavy atom. The minimum Gasteiger partial charge on any atom is -0.467 e. The molecule has 1 N–H and O–H groups in total. The second kappa shape index (κ2) is 7.59. The normalized spacial score (nSPS) is 10.8. The van der Waals surface area contributed by atoms with Gasteiger partial charge >= 0.3 is 0 Å². The van der Waals surface area contributed by atoms with E-state index in [-0.39, 0.29) is 18.3 Å². The van der Waals surface area contributed by atoms with Gasteiger partial charge in [0.1, 0.15) is 11.6 Å². The predicted octanol–water partition coefficient (Wildman–Crippen LogP) is 2.56. The van der Waals surface area contributed by atoms with E-state index in [0.717, 1.165) is 11.3 Å². The minimum atomic E-state index is -0.258. The van der Waals surface area contributed by atoms with E-state index in [1.54, 1.807) is 18.4 Å². The van der Waals surface area contributed by atoms with E-state index >= 15 is 0 Å². The lowest BCUT2D eigenvalue weighted by atomic mass is 10.2. The monoisotopic (exact) mass is 290 g/mol. The topological polar surface area (TPSA) is 45.5 Å². The van der Waals surface area contributed by atoms with Crippen molar-refractivity contribution in [2.24, 2.45) is 0 Å². The number of halogens is 1. The van der Waals surface area contributed by atoms with Crippen molar-refractivity contribution >= 4 is 5.91 Å². The Morgan fingerprint density at radius 2 is 2.19 bits per heavy atom. The summed E-state index contributed by atoms with van der Waals surface area (Å²) < 4.78 is 18.3. The molecular formula is C16H19FN2O2. The fourth-order valence-electron chi connectivity index (χ4n) is 2.03. The van der Waals surface area contributed by atoms with Crippen LogP contribution in [0.3, 0.4) is 0 Å². The first-order valence-electron chi connectivity index (χ1n) is 6.93. The van der Waals surface area contributed by atoms with E-state index in [9.17, 15) is 9.18 Å². The third-order valence-electron chi connectivity index (χ3n) is 3.15. The maximum absolute atomic E-state index is 13.2. The van der Waals surface area contributed by atoms with Crippen molar-refractivity contribution in [2.45, 2.75) is 20.0 Å². The number of amides is 1. The number of carbonyl (C=O) groups is 1. The van der Waals surface area contributed by atoms with Gasteiger partial charge in [-0.3, -0.25) is 9.69 Å². The summed E-state index contributed by atoms with van der Waals surface area (Å²) in [6, 6.07) is 10.0. The van der Waals surface area contributed by atoms with Crippen LogP contribution in [0.4, 0.5) is 4.39 Å². The number of benzene rings is 1. The summed E-state index contributed by atoms with van der Waals surface area (Å²) in [5.41, 5.74) is 0.857. The van der Waals surface area contributed by atoms with Crippen LogP contribution in [-0.2, 0) is 17.9 Å². The quantitative estimate of drug-likeness (QED) is 0.852. The van der Waals surface area contributed by atoms with Gasteiger partial charge in [0, 0.05) is 6.54 Å². The number of nitrogens with one attached hydrogen (secondary N) is 1. The van der Waals surface area contributed by atoms with Gasteiger partial charge in [-0.15, -0.1) is 0 Å². The molecule has 0 fully saturated rings. The zero-order valence-corrected chi connectivity index (χ0v) is 12.0. The Labute approximate surface area is 123 Å². The minimum absolute atomic E-state index is 0.0790. The van der Waals surface area contributed by atoms with Crippen LogP contribution >= 0.6 is 0 Å². The zero-order chi connectivity index (χ0) is 15.1. The predicted molar refractivity (Wildman–Crippen MR) is 77.9 cm³/mol. The van der Waals surface area contributed by atoms with Gasteiger partial charge in [-0.2, -0.15) is 0 Å². The first-order chi connectivity index (χ1) is 10.2. The summed E-state index contributed by atoms with van der Waals surface area (Å²) in [6.45, 7) is 3.88. The largest absolute Gasteiger partial charge is 0.467 e. The Hall–Kier alpha value is -2.14. The summed E-state index contributed by atoms with van der Waals surface area (Å²) >= 11 is 0. The van der Waals surface area contributed by atoms with Gasteiger partial charge in [-0.1, -0.05) is 19.1 Å². The molecule has 1 aromatic carbocycles. The Morgan fingerprint density at radius 3 is 2.86 bits per heavy atom. The van der Waals surface area contributed by atoms with Crippen LogP contribution in [0.1, 0.15) is 18.2 Å². The van der Waals surface area contributed by atoms with Gasteiger partial charge in [0.15, 0.2) is 0 Å². The average Bonchev–Trinajstić information content (AvgIpc) is 2.98. The summed E-state index contributed by atoms with van der Waals surface area (Å²) in [7, 11) is 0. The highest BCUT2D eigenvalue weighted by Gasteiger charge is 2.10. The van der Waals surface area contributed by atoms with Gasteiger partial charge in [-0.25, -0.2) is 4.39 Å². The molecule has 1 amide bonds. The summed E-state index contributed by atoms with van der Waals surface area (Å²) in [5, 5.41) is 2.80. The van der Waals surface area contributed by atoms with Gasteiger partial charge in [0.25, 0.3) is 0 Å². The second-order valence-corrected chi connectivity index (χ2v) is 4.79. The molecule has 0 aliphatic carbocycles. The molecule has 21 heavy (non-hydrogen) atoms. The molecule has 0 spiro atoms. The molecule has 0 aliphatic heterocycles. The lowest BCUT2D eigenvalue weighted by Gasteiger charge is -2.19. The molecule has 5 heteroatoms. The van der Waals surface area contributed by atoms with Crippen LogP contribution in [0.25, 0.3) is 0 Å². The number of hydrogen-bond donors (Lipinski definition) is 1. The Kier molecular flexibility index (Phi) is 5.51. The second-order valence-electron chi connectivity index (χ2n) is 4.79. The molecule has 0 saturated carbocycles. The maximum Gasteiger partial charge on any atom is 0.234 e. The number of likely N-dealkylation sites (N-methyl/N-ethyl adjacent to an activating group) is 1. The molecule has 0 aliphatic rings. The van der Waals surface area contributed by atoms with Crippen molar-refractivity contribution in [3.05, 3.63) is 59.8 Å². The van der Waals surface area contributed by atoms with Crippen molar-refractivity contribution in [1.29, 1.82) is 0 Å². The van der Waals surface area contributed by atoms with E-state index in [4.69, 9.17) is 4.42 Å². The number of nitrogens with zero attached hydrogens (tertiary/aromatic N) is 1. The molecule has 0 unspecified atom stereocenters. The lowest BCUT2D eigenvalue weighted by Crippen LogP contribution is -2.36. The highest BCUT2D eigenvalue weighted by atomic mass is 19.1. The van der Waals surface area contributed by atoms with E-state index in [1.165, 1.54) is 12.1 Å². The Bertz CT molecular complexity index is 569. The molecule has 112 valence electrons. The molecule has 1 aromatic heterocycles. The highest BCUT2D eigenvalue weighted by Crippen LogP contribution is 2.07. The molecule has 4 nitrogen and oxygen atoms in total. The van der Waals surface area contributed by atoms with E-state index in [1.807, 2.05) is 24.0 Å². The molecular weight excluding hydrogens is 271 g/mol. The third-order valence-corrected chi connectivity index (χ3v) is 3.15. The SMILES string of the molecule is CCN(CC(=O)NCc1ccco1)Cc1cccc(F)c1. The van der Waals surface area contributed by atoms with Crippen LogP contribution in [0, 0.1) is 5.82 Å². The van der Waals surface area contributed by atoms with Gasteiger partial charge in [-0.05, 0) is 36.4 Å². The fourth-order valence-corrected chi connectivity index (χ4v) is 2.03. The van der Waals surface area contributed by atoms with Crippen molar-refractivity contribution in [3.63, 3.8) is 0 Å². The summed E-state index contributed by atoms with van der Waals surface area (Å²) in [4.78, 5) is 13.8. The van der Waals surface area contributed by atoms with Gasteiger partial charge < -0.3 is 9.73 Å². The number of carbonyl (C=O) groups excluding carboxylic acids is 1. The van der Waals surface area contributed by atoms with Gasteiger partial charge in [0.2, 0.25) is 5.91 Å². The van der Waals surface area contributed by atoms with Crippen LogP contribution in [-0.4, -0.2) is 23.9 Å². The molecule has 2 aromatic rings. The number of rotatable bonds is 7. The molecule has 0 bridgehead atoms. The van der Waals surface area contributed by atoms with E-state index in [2.05, 4.69) is 5.32 Å². The maximum atomic E-state index is 13.2. The highest BCUT2D eigenvalue weighted by molar-refractivity contribution is 5.77. The van der Waals surface area contributed by atoms with Gasteiger partial charge in [0.05, 0.1) is 19.4 Å². The third kappa shape index (κ3) is 5.04. The fraction of sp³-hybridized carbons (Fsp3) is 0.312. The zero-order valence-electron chi connectivity index (χ0n) is 12.0. The summed E-state index contributed by atoms with van der Waals surface area (Å²) in [5.74, 6) is 0.381.